The number of pyridine rings is 1. The lowest BCUT2D eigenvalue weighted by Crippen LogP contribution is -2.29. The third-order valence-electron chi connectivity index (χ3n) is 5.11. The molecule has 1 atom stereocenters. The first-order chi connectivity index (χ1) is 14.1. The van der Waals surface area contributed by atoms with Crippen LogP contribution in [0.1, 0.15) is 22.7 Å². The quantitative estimate of drug-likeness (QED) is 0.553. The molecule has 5 rings (SSSR count). The van der Waals surface area contributed by atoms with Gasteiger partial charge in [-0.25, -0.2) is 9.97 Å². The monoisotopic (exact) mass is 389 g/mol. The summed E-state index contributed by atoms with van der Waals surface area (Å²) >= 11 is 0. The van der Waals surface area contributed by atoms with Gasteiger partial charge >= 0.3 is 0 Å². The number of ether oxygens (including phenoxy) is 1. The van der Waals surface area contributed by atoms with Crippen molar-refractivity contribution in [2.75, 3.05) is 17.7 Å². The van der Waals surface area contributed by atoms with Crippen molar-refractivity contribution in [1.29, 1.82) is 0 Å². The Hall–Kier alpha value is -3.81. The number of anilines is 3. The van der Waals surface area contributed by atoms with Gasteiger partial charge in [-0.05, 0) is 36.6 Å². The second-order valence-electron chi connectivity index (χ2n) is 7.04. The van der Waals surface area contributed by atoms with Crippen LogP contribution in [0.15, 0.2) is 53.5 Å². The number of nitrogens with one attached hydrogen (secondary N) is 2. The maximum atomic E-state index is 13.0. The van der Waals surface area contributed by atoms with Gasteiger partial charge in [0, 0.05) is 18.0 Å². The second kappa shape index (κ2) is 6.66. The van der Waals surface area contributed by atoms with E-state index < -0.39 is 5.92 Å². The van der Waals surface area contributed by atoms with Gasteiger partial charge in [0.1, 0.15) is 17.2 Å². The van der Waals surface area contributed by atoms with Crippen LogP contribution in [0.5, 0.6) is 5.75 Å². The van der Waals surface area contributed by atoms with Gasteiger partial charge < -0.3 is 19.8 Å². The molecule has 4 aromatic rings. The summed E-state index contributed by atoms with van der Waals surface area (Å²) in [6, 6.07) is 9.64. The Morgan fingerprint density at radius 1 is 1.31 bits per heavy atom. The van der Waals surface area contributed by atoms with Crippen LogP contribution in [-0.2, 0) is 11.2 Å². The van der Waals surface area contributed by atoms with Gasteiger partial charge in [0.25, 0.3) is 0 Å². The first-order valence-electron chi connectivity index (χ1n) is 9.24. The van der Waals surface area contributed by atoms with Crippen molar-refractivity contribution in [2.45, 2.75) is 19.3 Å². The Balaban J connectivity index is 1.61. The molecular weight excluding hydrogens is 370 g/mol. The van der Waals surface area contributed by atoms with Crippen LogP contribution in [-0.4, -0.2) is 27.4 Å². The number of aromatic nitrogens is 3. The maximum Gasteiger partial charge on any atom is 0.234 e. The van der Waals surface area contributed by atoms with Crippen molar-refractivity contribution >= 4 is 28.9 Å². The van der Waals surface area contributed by atoms with E-state index >= 15 is 0 Å². The highest BCUT2D eigenvalue weighted by atomic mass is 16.5. The number of carbonyl (C=O) groups is 1. The van der Waals surface area contributed by atoms with Gasteiger partial charge in [-0.2, -0.15) is 0 Å². The number of oxazole rings is 1. The second-order valence-corrected chi connectivity index (χ2v) is 7.04. The van der Waals surface area contributed by atoms with E-state index in [1.54, 1.807) is 13.3 Å². The SMILES string of the molecule is COc1ccc2c(c1)NC(=O)C(c1nc3ccc(C)cn3c1Nc1cnco1)C2. The summed E-state index contributed by atoms with van der Waals surface area (Å²) < 4.78 is 12.6. The molecule has 1 aliphatic rings. The molecule has 4 heterocycles. The third-order valence-corrected chi connectivity index (χ3v) is 5.11. The Morgan fingerprint density at radius 2 is 2.21 bits per heavy atom. The van der Waals surface area contributed by atoms with E-state index in [-0.39, 0.29) is 5.91 Å². The van der Waals surface area contributed by atoms with Crippen molar-refractivity contribution < 1.29 is 13.9 Å². The number of fused-ring (bicyclic) bond motifs is 2. The van der Waals surface area contributed by atoms with Crippen LogP contribution in [0.4, 0.5) is 17.4 Å². The topological polar surface area (TPSA) is 93.7 Å². The highest BCUT2D eigenvalue weighted by Gasteiger charge is 2.33. The van der Waals surface area contributed by atoms with E-state index in [0.717, 1.165) is 22.5 Å². The Morgan fingerprint density at radius 3 is 3.00 bits per heavy atom. The molecule has 1 aliphatic heterocycles. The van der Waals surface area contributed by atoms with E-state index in [1.807, 2.05) is 47.9 Å². The van der Waals surface area contributed by atoms with E-state index in [2.05, 4.69) is 15.6 Å². The normalized spacial score (nSPS) is 15.8. The zero-order chi connectivity index (χ0) is 20.0. The number of methoxy groups -OCH3 is 1. The molecule has 2 N–H and O–H groups in total. The molecule has 29 heavy (non-hydrogen) atoms. The minimum Gasteiger partial charge on any atom is -0.497 e. The van der Waals surface area contributed by atoms with Gasteiger partial charge in [0.2, 0.25) is 11.8 Å². The van der Waals surface area contributed by atoms with Crippen molar-refractivity contribution in [1.82, 2.24) is 14.4 Å². The molecular formula is C21H19N5O3. The molecule has 1 amide bonds. The molecule has 0 spiro atoms. The summed E-state index contributed by atoms with van der Waals surface area (Å²) in [7, 11) is 1.61. The first kappa shape index (κ1) is 17.3. The number of nitrogens with zero attached hydrogens (tertiary/aromatic N) is 3. The summed E-state index contributed by atoms with van der Waals surface area (Å²) in [5.74, 6) is 1.33. The molecule has 8 nitrogen and oxygen atoms in total. The van der Waals surface area contributed by atoms with E-state index in [9.17, 15) is 4.79 Å². The Labute approximate surface area is 166 Å². The summed E-state index contributed by atoms with van der Waals surface area (Å²) in [5, 5.41) is 6.23. The number of rotatable bonds is 4. The van der Waals surface area contributed by atoms with E-state index in [1.165, 1.54) is 6.39 Å². The Bertz CT molecular complexity index is 1210. The zero-order valence-electron chi connectivity index (χ0n) is 16.0. The van der Waals surface area contributed by atoms with Crippen LogP contribution in [0, 0.1) is 6.92 Å². The standard InChI is InChI=1S/C21H19N5O3/c1-12-3-6-17-24-19(20(26(17)10-12)25-18-9-22-11-29-18)15-7-13-4-5-14(28-2)8-16(13)23-21(15)27/h3-6,8-11,15,25H,7H2,1-2H3,(H,23,27). The molecule has 0 aliphatic carbocycles. The lowest BCUT2D eigenvalue weighted by atomic mass is 9.90. The lowest BCUT2D eigenvalue weighted by molar-refractivity contribution is -0.117. The highest BCUT2D eigenvalue weighted by molar-refractivity contribution is 5.99. The molecule has 3 aromatic heterocycles. The minimum absolute atomic E-state index is 0.105. The van der Waals surface area contributed by atoms with E-state index in [4.69, 9.17) is 14.1 Å². The predicted molar refractivity (Wildman–Crippen MR) is 108 cm³/mol. The molecule has 1 aromatic carbocycles. The molecule has 0 saturated heterocycles. The molecule has 0 fully saturated rings. The summed E-state index contributed by atoms with van der Waals surface area (Å²) in [6.45, 7) is 2.01. The predicted octanol–water partition coefficient (Wildman–Crippen LogP) is 3.66. The highest BCUT2D eigenvalue weighted by Crippen LogP contribution is 2.37. The van der Waals surface area contributed by atoms with Crippen molar-refractivity contribution in [2.24, 2.45) is 0 Å². The molecule has 1 unspecified atom stereocenters. The number of amides is 1. The van der Waals surface area contributed by atoms with Crippen molar-refractivity contribution in [3.05, 3.63) is 65.9 Å². The van der Waals surface area contributed by atoms with Gasteiger partial charge in [0.15, 0.2) is 6.39 Å². The number of hydrogen-bond acceptors (Lipinski definition) is 6. The smallest absolute Gasteiger partial charge is 0.234 e. The van der Waals surface area contributed by atoms with Crippen LogP contribution in [0.2, 0.25) is 0 Å². The fraction of sp³-hybridized carbons (Fsp3) is 0.190. The summed E-state index contributed by atoms with van der Waals surface area (Å²) in [5.41, 5.74) is 4.30. The summed E-state index contributed by atoms with van der Waals surface area (Å²) in [4.78, 5) is 21.7. The van der Waals surface area contributed by atoms with Crippen LogP contribution >= 0.6 is 0 Å². The maximum absolute atomic E-state index is 13.0. The minimum atomic E-state index is -0.443. The van der Waals surface area contributed by atoms with Crippen molar-refractivity contribution in [3.8, 4) is 5.75 Å². The van der Waals surface area contributed by atoms with Crippen LogP contribution in [0.25, 0.3) is 5.65 Å². The largest absolute Gasteiger partial charge is 0.497 e. The van der Waals surface area contributed by atoms with Gasteiger partial charge in [0.05, 0.1) is 24.9 Å². The van der Waals surface area contributed by atoms with E-state index in [0.29, 0.717) is 29.6 Å². The van der Waals surface area contributed by atoms with Gasteiger partial charge in [-0.1, -0.05) is 12.1 Å². The number of hydrogen-bond donors (Lipinski definition) is 2. The average molecular weight is 389 g/mol. The average Bonchev–Trinajstić information content (AvgIpc) is 3.35. The van der Waals surface area contributed by atoms with Crippen LogP contribution in [0.3, 0.4) is 0 Å². The Kier molecular flexibility index (Phi) is 3.97. The molecule has 0 bridgehead atoms. The lowest BCUT2D eigenvalue weighted by Gasteiger charge is -2.24. The van der Waals surface area contributed by atoms with Crippen molar-refractivity contribution in [3.63, 3.8) is 0 Å². The van der Waals surface area contributed by atoms with Gasteiger partial charge in [-0.3, -0.25) is 9.20 Å². The molecule has 146 valence electrons. The third kappa shape index (κ3) is 2.98. The van der Waals surface area contributed by atoms with Crippen LogP contribution < -0.4 is 15.4 Å². The fourth-order valence-electron chi connectivity index (χ4n) is 3.66. The zero-order valence-corrected chi connectivity index (χ0v) is 16.0. The molecule has 0 saturated carbocycles. The summed E-state index contributed by atoms with van der Waals surface area (Å²) in [6.07, 6.45) is 5.46. The first-order valence-corrected chi connectivity index (χ1v) is 9.24. The number of benzene rings is 1. The number of aryl methyl sites for hydroxylation is 1. The fourth-order valence-corrected chi connectivity index (χ4v) is 3.66. The van der Waals surface area contributed by atoms with Gasteiger partial charge in [-0.15, -0.1) is 0 Å². The number of imidazole rings is 1. The molecule has 0 radical (unpaired) electrons. The molecule has 8 heteroatoms. The number of carbonyl (C=O) groups excluding carboxylic acids is 1.